The van der Waals surface area contributed by atoms with Crippen LogP contribution in [0.1, 0.15) is 39.5 Å². The minimum absolute atomic E-state index is 0.239. The lowest BCUT2D eigenvalue weighted by Gasteiger charge is -2.40. The molecule has 2 saturated heterocycles. The zero-order valence-corrected chi connectivity index (χ0v) is 12.5. The molecular weight excluding hydrogens is 238 g/mol. The lowest BCUT2D eigenvalue weighted by atomic mass is 9.87. The van der Waals surface area contributed by atoms with Gasteiger partial charge in [0.05, 0.1) is 0 Å². The van der Waals surface area contributed by atoms with E-state index in [1.54, 1.807) is 0 Å². The van der Waals surface area contributed by atoms with Crippen LogP contribution in [-0.4, -0.2) is 54.5 Å². The first-order chi connectivity index (χ1) is 9.11. The monoisotopic (exact) mass is 267 g/mol. The van der Waals surface area contributed by atoms with Crippen molar-refractivity contribution in [2.75, 3.05) is 32.7 Å². The summed E-state index contributed by atoms with van der Waals surface area (Å²) in [5.74, 6) is 1.81. The fourth-order valence-electron chi connectivity index (χ4n) is 3.29. The molecule has 0 aromatic rings. The summed E-state index contributed by atoms with van der Waals surface area (Å²) in [4.78, 5) is 16.7. The summed E-state index contributed by atoms with van der Waals surface area (Å²) < 4.78 is 0. The van der Waals surface area contributed by atoms with Crippen LogP contribution in [-0.2, 0) is 4.79 Å². The Morgan fingerprint density at radius 3 is 2.47 bits per heavy atom. The first-order valence-corrected chi connectivity index (χ1v) is 7.83. The van der Waals surface area contributed by atoms with Gasteiger partial charge in [0.1, 0.15) is 0 Å². The van der Waals surface area contributed by atoms with E-state index >= 15 is 0 Å². The summed E-state index contributed by atoms with van der Waals surface area (Å²) in [6.07, 6.45) is 4.17. The third-order valence-corrected chi connectivity index (χ3v) is 5.02. The molecule has 0 spiro atoms. The molecule has 0 aliphatic carbocycles. The standard InChI is InChI=1S/C15H29N3O/c1-12-5-8-18(11-13(12)2)14(10-16)9-15(19)17-6-3-4-7-17/h12-14H,3-11,16H2,1-2H3. The van der Waals surface area contributed by atoms with Crippen LogP contribution in [0.15, 0.2) is 0 Å². The second kappa shape index (κ2) is 6.71. The van der Waals surface area contributed by atoms with Crippen molar-refractivity contribution in [1.82, 2.24) is 9.80 Å². The molecular formula is C15H29N3O. The fraction of sp³-hybridized carbons (Fsp3) is 0.933. The second-order valence-electron chi connectivity index (χ2n) is 6.42. The normalized spacial score (nSPS) is 30.6. The van der Waals surface area contributed by atoms with Gasteiger partial charge in [0.25, 0.3) is 0 Å². The van der Waals surface area contributed by atoms with Crippen LogP contribution in [0, 0.1) is 11.8 Å². The van der Waals surface area contributed by atoms with Crippen molar-refractivity contribution in [3.05, 3.63) is 0 Å². The molecule has 2 aliphatic heterocycles. The molecule has 110 valence electrons. The molecule has 19 heavy (non-hydrogen) atoms. The Hall–Kier alpha value is -0.610. The average molecular weight is 267 g/mol. The molecule has 0 radical (unpaired) electrons. The lowest BCUT2D eigenvalue weighted by Crippen LogP contribution is -2.49. The summed E-state index contributed by atoms with van der Waals surface area (Å²) in [6, 6.07) is 0.239. The van der Waals surface area contributed by atoms with Crippen molar-refractivity contribution in [3.63, 3.8) is 0 Å². The number of likely N-dealkylation sites (tertiary alicyclic amines) is 2. The number of hydrogen-bond donors (Lipinski definition) is 1. The number of carbonyl (C=O) groups excluding carboxylic acids is 1. The highest BCUT2D eigenvalue weighted by molar-refractivity contribution is 5.77. The SMILES string of the molecule is CC1CCN(C(CN)CC(=O)N2CCCC2)CC1C. The van der Waals surface area contributed by atoms with Crippen LogP contribution in [0.25, 0.3) is 0 Å². The molecule has 2 heterocycles. The molecule has 4 nitrogen and oxygen atoms in total. The Labute approximate surface area is 117 Å². The van der Waals surface area contributed by atoms with Gasteiger partial charge in [-0.05, 0) is 37.6 Å². The van der Waals surface area contributed by atoms with Crippen LogP contribution < -0.4 is 5.73 Å². The number of hydrogen-bond acceptors (Lipinski definition) is 3. The topological polar surface area (TPSA) is 49.6 Å². The maximum atomic E-state index is 12.2. The van der Waals surface area contributed by atoms with Gasteiger partial charge in [0, 0.05) is 38.6 Å². The largest absolute Gasteiger partial charge is 0.343 e. The molecule has 2 N–H and O–H groups in total. The predicted molar refractivity (Wildman–Crippen MR) is 77.8 cm³/mol. The second-order valence-corrected chi connectivity index (χ2v) is 6.42. The highest BCUT2D eigenvalue weighted by atomic mass is 16.2. The Balaban J connectivity index is 1.87. The fourth-order valence-corrected chi connectivity index (χ4v) is 3.29. The van der Waals surface area contributed by atoms with Crippen molar-refractivity contribution in [2.24, 2.45) is 17.6 Å². The first-order valence-electron chi connectivity index (χ1n) is 7.83. The molecule has 0 aromatic heterocycles. The molecule has 2 fully saturated rings. The summed E-state index contributed by atoms with van der Waals surface area (Å²) >= 11 is 0. The quantitative estimate of drug-likeness (QED) is 0.835. The Kier molecular flexibility index (Phi) is 5.22. The van der Waals surface area contributed by atoms with E-state index in [1.807, 2.05) is 4.90 Å². The van der Waals surface area contributed by atoms with Gasteiger partial charge >= 0.3 is 0 Å². The van der Waals surface area contributed by atoms with Crippen molar-refractivity contribution in [1.29, 1.82) is 0 Å². The molecule has 0 saturated carbocycles. The van der Waals surface area contributed by atoms with Gasteiger partial charge in [-0.15, -0.1) is 0 Å². The van der Waals surface area contributed by atoms with Gasteiger partial charge in [0.2, 0.25) is 5.91 Å². The minimum atomic E-state index is 0.239. The number of rotatable bonds is 4. The zero-order valence-electron chi connectivity index (χ0n) is 12.5. The predicted octanol–water partition coefficient (Wildman–Crippen LogP) is 1.30. The third kappa shape index (κ3) is 3.69. The smallest absolute Gasteiger partial charge is 0.224 e. The Morgan fingerprint density at radius 1 is 1.21 bits per heavy atom. The van der Waals surface area contributed by atoms with E-state index in [0.29, 0.717) is 24.8 Å². The Morgan fingerprint density at radius 2 is 1.89 bits per heavy atom. The molecule has 2 aliphatic rings. The number of nitrogens with zero attached hydrogens (tertiary/aromatic N) is 2. The number of piperidine rings is 1. The van der Waals surface area contributed by atoms with Gasteiger partial charge in [-0.25, -0.2) is 0 Å². The van der Waals surface area contributed by atoms with Crippen molar-refractivity contribution < 1.29 is 4.79 Å². The van der Waals surface area contributed by atoms with Gasteiger partial charge in [-0.2, -0.15) is 0 Å². The Bertz CT molecular complexity index is 302. The van der Waals surface area contributed by atoms with Gasteiger partial charge < -0.3 is 10.6 Å². The van der Waals surface area contributed by atoms with E-state index in [0.717, 1.165) is 44.9 Å². The zero-order chi connectivity index (χ0) is 13.8. The number of carbonyl (C=O) groups is 1. The first kappa shape index (κ1) is 14.8. The highest BCUT2D eigenvalue weighted by Crippen LogP contribution is 2.24. The average Bonchev–Trinajstić information content (AvgIpc) is 2.93. The van der Waals surface area contributed by atoms with Crippen LogP contribution in [0.5, 0.6) is 0 Å². The van der Waals surface area contributed by atoms with Gasteiger partial charge in [-0.3, -0.25) is 9.69 Å². The lowest BCUT2D eigenvalue weighted by molar-refractivity contribution is -0.131. The van der Waals surface area contributed by atoms with Crippen LogP contribution in [0.3, 0.4) is 0 Å². The molecule has 3 atom stereocenters. The maximum absolute atomic E-state index is 12.2. The van der Waals surface area contributed by atoms with E-state index in [-0.39, 0.29) is 6.04 Å². The maximum Gasteiger partial charge on any atom is 0.224 e. The summed E-state index contributed by atoms with van der Waals surface area (Å²) in [5, 5.41) is 0. The van der Waals surface area contributed by atoms with E-state index < -0.39 is 0 Å². The highest BCUT2D eigenvalue weighted by Gasteiger charge is 2.29. The summed E-state index contributed by atoms with van der Waals surface area (Å²) in [6.45, 7) is 9.33. The molecule has 0 bridgehead atoms. The van der Waals surface area contributed by atoms with Crippen molar-refractivity contribution in [2.45, 2.75) is 45.6 Å². The van der Waals surface area contributed by atoms with Crippen LogP contribution in [0.4, 0.5) is 0 Å². The van der Waals surface area contributed by atoms with E-state index in [1.165, 1.54) is 6.42 Å². The van der Waals surface area contributed by atoms with Crippen molar-refractivity contribution >= 4 is 5.91 Å². The molecule has 2 rings (SSSR count). The molecule has 4 heteroatoms. The summed E-state index contributed by atoms with van der Waals surface area (Å²) in [7, 11) is 0. The van der Waals surface area contributed by atoms with E-state index in [2.05, 4.69) is 18.7 Å². The third-order valence-electron chi connectivity index (χ3n) is 5.02. The number of nitrogens with two attached hydrogens (primary N) is 1. The molecule has 1 amide bonds. The molecule has 0 aromatic carbocycles. The van der Waals surface area contributed by atoms with Crippen molar-refractivity contribution in [3.8, 4) is 0 Å². The number of amides is 1. The molecule has 3 unspecified atom stereocenters. The van der Waals surface area contributed by atoms with E-state index in [9.17, 15) is 4.79 Å². The van der Waals surface area contributed by atoms with Crippen LogP contribution in [0.2, 0.25) is 0 Å². The van der Waals surface area contributed by atoms with Gasteiger partial charge in [-0.1, -0.05) is 13.8 Å². The van der Waals surface area contributed by atoms with E-state index in [4.69, 9.17) is 5.73 Å². The minimum Gasteiger partial charge on any atom is -0.343 e. The summed E-state index contributed by atoms with van der Waals surface area (Å²) in [5.41, 5.74) is 5.92. The van der Waals surface area contributed by atoms with Gasteiger partial charge in [0.15, 0.2) is 0 Å². The van der Waals surface area contributed by atoms with Crippen LogP contribution >= 0.6 is 0 Å².